The molecule has 1 aliphatic rings. The molecule has 2 N–H and O–H groups in total. The maximum atomic E-state index is 5.97. The van der Waals surface area contributed by atoms with E-state index in [1.807, 2.05) is 0 Å². The maximum Gasteiger partial charge on any atom is 0.0336 e. The van der Waals surface area contributed by atoms with Gasteiger partial charge in [-0.1, -0.05) is 27.7 Å². The van der Waals surface area contributed by atoms with Crippen molar-refractivity contribution in [1.29, 1.82) is 0 Å². The second-order valence-electron chi connectivity index (χ2n) is 6.59. The average Bonchev–Trinajstić information content (AvgIpc) is 2.08. The summed E-state index contributed by atoms with van der Waals surface area (Å²) in [6.45, 7) is 12.4. The zero-order chi connectivity index (χ0) is 11.9. The van der Waals surface area contributed by atoms with Crippen molar-refractivity contribution in [2.45, 2.75) is 59.0 Å². The Morgan fingerprint density at radius 3 is 2.13 bits per heavy atom. The molecule has 1 aliphatic carbocycles. The predicted octanol–water partition coefficient (Wildman–Crippen LogP) is 2.48. The van der Waals surface area contributed by atoms with Crippen molar-refractivity contribution in [2.24, 2.45) is 17.1 Å². The minimum atomic E-state index is 0.284. The first-order valence-electron chi connectivity index (χ1n) is 6.16. The molecular formula is C13H28N2. The van der Waals surface area contributed by atoms with Crippen LogP contribution in [0.4, 0.5) is 0 Å². The Hall–Kier alpha value is -0.0800. The largest absolute Gasteiger partial charge is 0.329 e. The highest BCUT2D eigenvalue weighted by Gasteiger charge is 2.46. The van der Waals surface area contributed by atoms with Crippen LogP contribution in [0.5, 0.6) is 0 Å². The van der Waals surface area contributed by atoms with Crippen LogP contribution >= 0.6 is 0 Å². The van der Waals surface area contributed by atoms with Gasteiger partial charge in [-0.15, -0.1) is 0 Å². The molecule has 0 saturated heterocycles. The van der Waals surface area contributed by atoms with Crippen molar-refractivity contribution in [3.8, 4) is 0 Å². The molecule has 90 valence electrons. The van der Waals surface area contributed by atoms with Gasteiger partial charge >= 0.3 is 0 Å². The topological polar surface area (TPSA) is 29.3 Å². The molecule has 0 bridgehead atoms. The fraction of sp³-hybridized carbons (Fsp3) is 1.00. The Morgan fingerprint density at radius 1 is 1.40 bits per heavy atom. The molecule has 0 radical (unpaired) electrons. The first-order chi connectivity index (χ1) is 6.73. The predicted molar refractivity (Wildman–Crippen MR) is 66.9 cm³/mol. The lowest BCUT2D eigenvalue weighted by molar-refractivity contribution is -0.0452. The first kappa shape index (κ1) is 13.0. The molecule has 0 spiro atoms. The van der Waals surface area contributed by atoms with Crippen LogP contribution < -0.4 is 5.73 Å². The minimum absolute atomic E-state index is 0.284. The van der Waals surface area contributed by atoms with Gasteiger partial charge in [-0.2, -0.15) is 0 Å². The summed E-state index contributed by atoms with van der Waals surface area (Å²) in [6, 6.07) is 0.577. The van der Waals surface area contributed by atoms with Gasteiger partial charge in [0.25, 0.3) is 0 Å². The highest BCUT2D eigenvalue weighted by atomic mass is 15.2. The van der Waals surface area contributed by atoms with E-state index in [0.717, 1.165) is 12.5 Å². The fourth-order valence-corrected chi connectivity index (χ4v) is 2.83. The highest BCUT2D eigenvalue weighted by molar-refractivity contribution is 5.03. The van der Waals surface area contributed by atoms with E-state index in [2.05, 4.69) is 46.6 Å². The van der Waals surface area contributed by atoms with Crippen molar-refractivity contribution >= 4 is 0 Å². The van der Waals surface area contributed by atoms with Gasteiger partial charge in [0.1, 0.15) is 0 Å². The Balaban J connectivity index is 2.70. The molecule has 1 unspecified atom stereocenters. The van der Waals surface area contributed by atoms with Gasteiger partial charge in [-0.25, -0.2) is 0 Å². The first-order valence-corrected chi connectivity index (χ1v) is 6.16. The maximum absolute atomic E-state index is 5.97. The van der Waals surface area contributed by atoms with Crippen LogP contribution in [0.3, 0.4) is 0 Å². The monoisotopic (exact) mass is 212 g/mol. The summed E-state index contributed by atoms with van der Waals surface area (Å²) in [5.41, 5.74) is 6.58. The Bertz CT molecular complexity index is 211. The van der Waals surface area contributed by atoms with Crippen LogP contribution in [0.15, 0.2) is 0 Å². The van der Waals surface area contributed by atoms with Crippen molar-refractivity contribution in [1.82, 2.24) is 4.90 Å². The minimum Gasteiger partial charge on any atom is -0.329 e. The Morgan fingerprint density at radius 2 is 1.87 bits per heavy atom. The zero-order valence-corrected chi connectivity index (χ0v) is 11.3. The fourth-order valence-electron chi connectivity index (χ4n) is 2.83. The van der Waals surface area contributed by atoms with Gasteiger partial charge in [0, 0.05) is 18.1 Å². The number of hydrogen-bond acceptors (Lipinski definition) is 2. The SMILES string of the molecule is CC1CC(CN)(N(C)C(C)C(C)(C)C)C1. The molecule has 1 rings (SSSR count). The van der Waals surface area contributed by atoms with E-state index >= 15 is 0 Å². The van der Waals surface area contributed by atoms with Gasteiger partial charge < -0.3 is 5.73 Å². The lowest BCUT2D eigenvalue weighted by atomic mass is 9.67. The molecule has 0 aromatic rings. The van der Waals surface area contributed by atoms with Crippen LogP contribution in [0.1, 0.15) is 47.5 Å². The average molecular weight is 212 g/mol. The van der Waals surface area contributed by atoms with Crippen LogP contribution in [-0.4, -0.2) is 30.1 Å². The quantitative estimate of drug-likeness (QED) is 0.779. The second-order valence-corrected chi connectivity index (χ2v) is 6.59. The summed E-state index contributed by atoms with van der Waals surface area (Å²) in [7, 11) is 2.24. The van der Waals surface area contributed by atoms with E-state index in [0.29, 0.717) is 11.5 Å². The smallest absolute Gasteiger partial charge is 0.0336 e. The van der Waals surface area contributed by atoms with E-state index in [9.17, 15) is 0 Å². The van der Waals surface area contributed by atoms with E-state index in [4.69, 9.17) is 5.73 Å². The molecule has 0 heterocycles. The summed E-state index contributed by atoms with van der Waals surface area (Å²) >= 11 is 0. The van der Waals surface area contributed by atoms with Gasteiger partial charge in [-0.3, -0.25) is 4.90 Å². The Labute approximate surface area is 95.2 Å². The third-order valence-corrected chi connectivity index (χ3v) is 4.42. The molecule has 15 heavy (non-hydrogen) atoms. The van der Waals surface area contributed by atoms with Crippen molar-refractivity contribution in [3.63, 3.8) is 0 Å². The van der Waals surface area contributed by atoms with E-state index in [-0.39, 0.29) is 5.54 Å². The summed E-state index contributed by atoms with van der Waals surface area (Å²) in [5.74, 6) is 0.850. The number of likely N-dealkylation sites (N-methyl/N-ethyl adjacent to an activating group) is 1. The van der Waals surface area contributed by atoms with E-state index in [1.54, 1.807) is 0 Å². The van der Waals surface area contributed by atoms with Crippen LogP contribution in [0, 0.1) is 11.3 Å². The number of nitrogens with two attached hydrogens (primary N) is 1. The number of hydrogen-bond donors (Lipinski definition) is 1. The summed E-state index contributed by atoms with van der Waals surface area (Å²) in [5, 5.41) is 0. The molecule has 0 aromatic heterocycles. The van der Waals surface area contributed by atoms with Crippen molar-refractivity contribution in [3.05, 3.63) is 0 Å². The van der Waals surface area contributed by atoms with Gasteiger partial charge in [0.2, 0.25) is 0 Å². The lowest BCUT2D eigenvalue weighted by Crippen LogP contribution is -2.63. The van der Waals surface area contributed by atoms with Gasteiger partial charge in [0.05, 0.1) is 0 Å². The van der Waals surface area contributed by atoms with Gasteiger partial charge in [0.15, 0.2) is 0 Å². The zero-order valence-electron chi connectivity index (χ0n) is 11.3. The number of rotatable bonds is 3. The molecule has 1 fully saturated rings. The molecule has 2 heteroatoms. The summed E-state index contributed by atoms with van der Waals surface area (Å²) in [4.78, 5) is 2.52. The van der Waals surface area contributed by atoms with E-state index < -0.39 is 0 Å². The Kier molecular flexibility index (Phi) is 3.52. The molecule has 1 saturated carbocycles. The van der Waals surface area contributed by atoms with Gasteiger partial charge in [-0.05, 0) is 38.1 Å². The second kappa shape index (κ2) is 4.06. The standard InChI is InChI=1S/C13H28N2/c1-10-7-13(8-10,9-14)15(6)11(2)12(3,4)5/h10-11H,7-9,14H2,1-6H3. The molecule has 2 nitrogen and oxygen atoms in total. The molecule has 0 aliphatic heterocycles. The van der Waals surface area contributed by atoms with Crippen LogP contribution in [-0.2, 0) is 0 Å². The van der Waals surface area contributed by atoms with Crippen LogP contribution in [0.25, 0.3) is 0 Å². The normalized spacial score (nSPS) is 34.0. The van der Waals surface area contributed by atoms with E-state index in [1.165, 1.54) is 12.8 Å². The van der Waals surface area contributed by atoms with Crippen molar-refractivity contribution < 1.29 is 0 Å². The highest BCUT2D eigenvalue weighted by Crippen LogP contribution is 2.43. The third-order valence-electron chi connectivity index (χ3n) is 4.42. The molecule has 0 aromatic carbocycles. The van der Waals surface area contributed by atoms with Crippen LogP contribution in [0.2, 0.25) is 0 Å². The molecule has 0 amide bonds. The molecular weight excluding hydrogens is 184 g/mol. The third kappa shape index (κ3) is 2.36. The number of nitrogens with zero attached hydrogens (tertiary/aromatic N) is 1. The summed E-state index contributed by atoms with van der Waals surface area (Å²) < 4.78 is 0. The summed E-state index contributed by atoms with van der Waals surface area (Å²) in [6.07, 6.45) is 2.53. The lowest BCUT2D eigenvalue weighted by Gasteiger charge is -2.56. The van der Waals surface area contributed by atoms with Crippen molar-refractivity contribution in [2.75, 3.05) is 13.6 Å². The molecule has 1 atom stereocenters.